The van der Waals surface area contributed by atoms with Gasteiger partial charge in [0.2, 0.25) is 0 Å². The molecular weight excluding hydrogens is 268 g/mol. The normalized spacial score (nSPS) is 19.6. The fourth-order valence-corrected chi connectivity index (χ4v) is 3.33. The SMILES string of the molecule is CCSc1cccc(OCC2CCCCN2C)c1C#N. The van der Waals surface area contributed by atoms with Crippen LogP contribution in [0.2, 0.25) is 0 Å². The van der Waals surface area contributed by atoms with Gasteiger partial charge in [-0.15, -0.1) is 11.8 Å². The minimum Gasteiger partial charge on any atom is -0.491 e. The van der Waals surface area contributed by atoms with E-state index in [9.17, 15) is 5.26 Å². The van der Waals surface area contributed by atoms with E-state index in [1.807, 2.05) is 18.2 Å². The largest absolute Gasteiger partial charge is 0.491 e. The molecule has 1 fully saturated rings. The molecule has 2 rings (SSSR count). The van der Waals surface area contributed by atoms with Crippen LogP contribution < -0.4 is 4.74 Å². The molecule has 4 heteroatoms. The average Bonchev–Trinajstić information content (AvgIpc) is 2.47. The van der Waals surface area contributed by atoms with E-state index in [4.69, 9.17) is 4.74 Å². The van der Waals surface area contributed by atoms with Crippen LogP contribution in [0.3, 0.4) is 0 Å². The number of likely N-dealkylation sites (N-methyl/N-ethyl adjacent to an activating group) is 1. The highest BCUT2D eigenvalue weighted by molar-refractivity contribution is 7.99. The van der Waals surface area contributed by atoms with E-state index in [0.717, 1.165) is 22.9 Å². The van der Waals surface area contributed by atoms with Gasteiger partial charge in [0.05, 0.1) is 0 Å². The van der Waals surface area contributed by atoms with Crippen LogP contribution in [0, 0.1) is 11.3 Å². The molecule has 0 aliphatic carbocycles. The second-order valence-corrected chi connectivity index (χ2v) is 6.42. The number of thioether (sulfide) groups is 1. The molecule has 0 N–H and O–H groups in total. The van der Waals surface area contributed by atoms with Gasteiger partial charge in [-0.05, 0) is 44.3 Å². The fraction of sp³-hybridized carbons (Fsp3) is 0.562. The Morgan fingerprint density at radius 2 is 2.30 bits per heavy atom. The molecule has 3 nitrogen and oxygen atoms in total. The van der Waals surface area contributed by atoms with Crippen LogP contribution in [0.5, 0.6) is 5.75 Å². The molecule has 1 aliphatic heterocycles. The minimum atomic E-state index is 0.470. The smallest absolute Gasteiger partial charge is 0.138 e. The van der Waals surface area contributed by atoms with Gasteiger partial charge in [-0.1, -0.05) is 19.4 Å². The summed E-state index contributed by atoms with van der Waals surface area (Å²) in [4.78, 5) is 3.38. The Morgan fingerprint density at radius 3 is 3.00 bits per heavy atom. The topological polar surface area (TPSA) is 36.3 Å². The third-order valence-corrected chi connectivity index (χ3v) is 4.69. The average molecular weight is 290 g/mol. The number of hydrogen-bond acceptors (Lipinski definition) is 4. The zero-order valence-corrected chi connectivity index (χ0v) is 13.1. The Balaban J connectivity index is 2.05. The molecule has 1 aromatic carbocycles. The molecule has 1 heterocycles. The summed E-state index contributed by atoms with van der Waals surface area (Å²) >= 11 is 1.69. The van der Waals surface area contributed by atoms with Gasteiger partial charge >= 0.3 is 0 Å². The lowest BCUT2D eigenvalue weighted by molar-refractivity contribution is 0.125. The highest BCUT2D eigenvalue weighted by atomic mass is 32.2. The van der Waals surface area contributed by atoms with Gasteiger partial charge in [-0.3, -0.25) is 0 Å². The van der Waals surface area contributed by atoms with Crippen molar-refractivity contribution >= 4 is 11.8 Å². The van der Waals surface area contributed by atoms with E-state index in [-0.39, 0.29) is 0 Å². The molecule has 1 atom stereocenters. The van der Waals surface area contributed by atoms with Crippen LogP contribution in [0.25, 0.3) is 0 Å². The lowest BCUT2D eigenvalue weighted by Crippen LogP contribution is -2.40. The zero-order valence-electron chi connectivity index (χ0n) is 12.3. The first-order valence-electron chi connectivity index (χ1n) is 7.25. The molecular formula is C16H22N2OS. The van der Waals surface area contributed by atoms with Crippen LogP contribution in [0.4, 0.5) is 0 Å². The van der Waals surface area contributed by atoms with Crippen molar-refractivity contribution in [2.45, 2.75) is 37.1 Å². The van der Waals surface area contributed by atoms with Crippen LogP contribution in [0.15, 0.2) is 23.1 Å². The standard InChI is InChI=1S/C16H22N2OS/c1-3-20-16-9-6-8-15(14(16)11-17)19-12-13-7-4-5-10-18(13)2/h6,8-9,13H,3-5,7,10,12H2,1-2H3. The van der Waals surface area contributed by atoms with Crippen LogP contribution in [-0.2, 0) is 0 Å². The van der Waals surface area contributed by atoms with Gasteiger partial charge in [-0.25, -0.2) is 0 Å². The monoisotopic (exact) mass is 290 g/mol. The highest BCUT2D eigenvalue weighted by Crippen LogP contribution is 2.29. The van der Waals surface area contributed by atoms with Gasteiger partial charge < -0.3 is 9.64 Å². The van der Waals surface area contributed by atoms with Crippen LogP contribution >= 0.6 is 11.8 Å². The predicted molar refractivity (Wildman–Crippen MR) is 83.3 cm³/mol. The van der Waals surface area contributed by atoms with E-state index >= 15 is 0 Å². The van der Waals surface area contributed by atoms with E-state index in [1.165, 1.54) is 19.3 Å². The van der Waals surface area contributed by atoms with Crippen LogP contribution in [0.1, 0.15) is 31.7 Å². The molecule has 1 aromatic rings. The van der Waals surface area contributed by atoms with Gasteiger partial charge in [0, 0.05) is 10.9 Å². The molecule has 0 bridgehead atoms. The Morgan fingerprint density at radius 1 is 1.45 bits per heavy atom. The van der Waals surface area contributed by atoms with E-state index in [2.05, 4.69) is 24.9 Å². The lowest BCUT2D eigenvalue weighted by Gasteiger charge is -2.32. The lowest BCUT2D eigenvalue weighted by atomic mass is 10.0. The molecule has 0 aromatic heterocycles. The summed E-state index contributed by atoms with van der Waals surface area (Å²) in [5, 5.41) is 9.36. The number of nitriles is 1. The van der Waals surface area contributed by atoms with Gasteiger partial charge in [-0.2, -0.15) is 5.26 Å². The van der Waals surface area contributed by atoms with Crippen molar-refractivity contribution in [2.24, 2.45) is 0 Å². The summed E-state index contributed by atoms with van der Waals surface area (Å²) in [7, 11) is 2.15. The molecule has 0 radical (unpaired) electrons. The number of nitrogens with zero attached hydrogens (tertiary/aromatic N) is 2. The predicted octanol–water partition coefficient (Wildman–Crippen LogP) is 3.53. The van der Waals surface area contributed by atoms with Gasteiger partial charge in [0.25, 0.3) is 0 Å². The van der Waals surface area contributed by atoms with Crippen molar-refractivity contribution in [1.29, 1.82) is 5.26 Å². The van der Waals surface area contributed by atoms with E-state index < -0.39 is 0 Å². The quantitative estimate of drug-likeness (QED) is 0.777. The van der Waals surface area contributed by atoms with Gasteiger partial charge in [0.1, 0.15) is 24.0 Å². The van der Waals surface area contributed by atoms with Crippen molar-refractivity contribution in [1.82, 2.24) is 4.90 Å². The molecule has 1 unspecified atom stereocenters. The first-order valence-corrected chi connectivity index (χ1v) is 8.23. The van der Waals surface area contributed by atoms with Crippen molar-refractivity contribution in [2.75, 3.05) is 26.0 Å². The summed E-state index contributed by atoms with van der Waals surface area (Å²) in [6, 6.07) is 8.63. The Kier molecular flexibility index (Phi) is 5.75. The zero-order chi connectivity index (χ0) is 14.4. The molecule has 108 valence electrons. The second-order valence-electron chi connectivity index (χ2n) is 5.12. The summed E-state index contributed by atoms with van der Waals surface area (Å²) in [5.74, 6) is 1.69. The number of benzene rings is 1. The number of piperidine rings is 1. The molecule has 20 heavy (non-hydrogen) atoms. The third-order valence-electron chi connectivity index (χ3n) is 3.75. The first kappa shape index (κ1) is 15.2. The summed E-state index contributed by atoms with van der Waals surface area (Å²) in [6.45, 7) is 3.91. The number of ether oxygens (including phenoxy) is 1. The number of likely N-dealkylation sites (tertiary alicyclic amines) is 1. The Labute approximate surface area is 125 Å². The van der Waals surface area contributed by atoms with E-state index in [0.29, 0.717) is 18.2 Å². The number of rotatable bonds is 5. The maximum absolute atomic E-state index is 9.36. The van der Waals surface area contributed by atoms with E-state index in [1.54, 1.807) is 11.8 Å². The third kappa shape index (κ3) is 3.68. The molecule has 1 saturated heterocycles. The highest BCUT2D eigenvalue weighted by Gasteiger charge is 2.20. The Bertz CT molecular complexity index is 484. The summed E-state index contributed by atoms with van der Waals surface area (Å²) in [5.41, 5.74) is 0.679. The van der Waals surface area contributed by atoms with Crippen LogP contribution in [-0.4, -0.2) is 36.9 Å². The summed E-state index contributed by atoms with van der Waals surface area (Å²) in [6.07, 6.45) is 3.73. The van der Waals surface area contributed by atoms with Crippen molar-refractivity contribution in [3.8, 4) is 11.8 Å². The maximum atomic E-state index is 9.36. The molecule has 0 saturated carbocycles. The second kappa shape index (κ2) is 7.56. The maximum Gasteiger partial charge on any atom is 0.138 e. The molecule has 1 aliphatic rings. The molecule has 0 amide bonds. The molecule has 0 spiro atoms. The van der Waals surface area contributed by atoms with Crippen molar-refractivity contribution in [3.63, 3.8) is 0 Å². The van der Waals surface area contributed by atoms with Gasteiger partial charge in [0.15, 0.2) is 0 Å². The fourth-order valence-electron chi connectivity index (χ4n) is 2.56. The first-order chi connectivity index (χ1) is 9.76. The van der Waals surface area contributed by atoms with Crippen molar-refractivity contribution in [3.05, 3.63) is 23.8 Å². The van der Waals surface area contributed by atoms with Crippen molar-refractivity contribution < 1.29 is 4.74 Å². The number of hydrogen-bond donors (Lipinski definition) is 0. The summed E-state index contributed by atoms with van der Waals surface area (Å²) < 4.78 is 5.95. The minimum absolute atomic E-state index is 0.470. The Hall–Kier alpha value is -1.18.